The highest BCUT2D eigenvalue weighted by Gasteiger charge is 2.30. The molecule has 0 aliphatic carbocycles. The standard InChI is InChI=1S/C16H22F3N3O3/c1-10(2)14(20)15(24)22-9-13(23)21-8-7-11-3-5-12(6-4-11)25-16(17,18)19/h3-6,10,14H,7-9,20H2,1-2H3,(H,21,23)(H,22,24)/t14-/m0/s1. The summed E-state index contributed by atoms with van der Waals surface area (Å²) in [5.74, 6) is -1.11. The zero-order valence-electron chi connectivity index (χ0n) is 14.0. The van der Waals surface area contributed by atoms with Gasteiger partial charge >= 0.3 is 6.36 Å². The molecule has 2 amide bonds. The zero-order chi connectivity index (χ0) is 19.0. The molecule has 1 atom stereocenters. The molecule has 25 heavy (non-hydrogen) atoms. The normalized spacial score (nSPS) is 12.6. The minimum atomic E-state index is -4.72. The number of amides is 2. The first-order valence-electron chi connectivity index (χ1n) is 7.73. The quantitative estimate of drug-likeness (QED) is 0.651. The van der Waals surface area contributed by atoms with Crippen molar-refractivity contribution in [2.24, 2.45) is 11.7 Å². The first-order chi connectivity index (χ1) is 11.6. The molecule has 0 saturated carbocycles. The van der Waals surface area contributed by atoms with Crippen molar-refractivity contribution in [2.45, 2.75) is 32.7 Å². The van der Waals surface area contributed by atoms with Gasteiger partial charge in [0.05, 0.1) is 12.6 Å². The van der Waals surface area contributed by atoms with Crippen LogP contribution in [0.3, 0.4) is 0 Å². The average Bonchev–Trinajstić information content (AvgIpc) is 2.52. The number of halogens is 3. The van der Waals surface area contributed by atoms with Crippen molar-refractivity contribution in [1.29, 1.82) is 0 Å². The summed E-state index contributed by atoms with van der Waals surface area (Å²) >= 11 is 0. The predicted octanol–water partition coefficient (Wildman–Crippen LogP) is 1.34. The summed E-state index contributed by atoms with van der Waals surface area (Å²) in [5.41, 5.74) is 6.39. The van der Waals surface area contributed by atoms with E-state index in [0.29, 0.717) is 6.42 Å². The maximum atomic E-state index is 12.0. The van der Waals surface area contributed by atoms with Gasteiger partial charge in [-0.25, -0.2) is 0 Å². The molecular weight excluding hydrogens is 339 g/mol. The van der Waals surface area contributed by atoms with Crippen molar-refractivity contribution < 1.29 is 27.5 Å². The molecule has 4 N–H and O–H groups in total. The number of nitrogens with two attached hydrogens (primary N) is 1. The van der Waals surface area contributed by atoms with Crippen LogP contribution < -0.4 is 21.1 Å². The van der Waals surface area contributed by atoms with Gasteiger partial charge in [-0.05, 0) is 30.0 Å². The second kappa shape index (κ2) is 9.26. The molecule has 1 aromatic rings. The second-order valence-electron chi connectivity index (χ2n) is 5.78. The Morgan fingerprint density at radius 2 is 1.76 bits per heavy atom. The lowest BCUT2D eigenvalue weighted by atomic mass is 10.1. The molecule has 0 aliphatic heterocycles. The molecule has 0 heterocycles. The molecule has 140 valence electrons. The van der Waals surface area contributed by atoms with Crippen molar-refractivity contribution in [3.63, 3.8) is 0 Å². The van der Waals surface area contributed by atoms with Crippen LogP contribution in [0, 0.1) is 5.92 Å². The number of carbonyl (C=O) groups excluding carboxylic acids is 2. The summed E-state index contributed by atoms with van der Waals surface area (Å²) in [6.45, 7) is 3.70. The lowest BCUT2D eigenvalue weighted by Crippen LogP contribution is -2.47. The summed E-state index contributed by atoms with van der Waals surface area (Å²) < 4.78 is 39.9. The lowest BCUT2D eigenvalue weighted by Gasteiger charge is -2.15. The third kappa shape index (κ3) is 8.39. The Morgan fingerprint density at radius 1 is 1.16 bits per heavy atom. The van der Waals surface area contributed by atoms with Gasteiger partial charge in [0.2, 0.25) is 11.8 Å². The van der Waals surface area contributed by atoms with Gasteiger partial charge in [0, 0.05) is 6.54 Å². The van der Waals surface area contributed by atoms with Gasteiger partial charge < -0.3 is 21.1 Å². The Hall–Kier alpha value is -2.29. The Morgan fingerprint density at radius 3 is 2.28 bits per heavy atom. The highest BCUT2D eigenvalue weighted by Crippen LogP contribution is 2.22. The van der Waals surface area contributed by atoms with Crippen LogP contribution in [0.4, 0.5) is 13.2 Å². The number of hydrogen-bond donors (Lipinski definition) is 3. The van der Waals surface area contributed by atoms with Gasteiger partial charge in [-0.1, -0.05) is 26.0 Å². The fourth-order valence-corrected chi connectivity index (χ4v) is 1.85. The van der Waals surface area contributed by atoms with Crippen LogP contribution >= 0.6 is 0 Å². The van der Waals surface area contributed by atoms with E-state index in [0.717, 1.165) is 5.56 Å². The average molecular weight is 361 g/mol. The third-order valence-corrected chi connectivity index (χ3v) is 3.34. The highest BCUT2D eigenvalue weighted by molar-refractivity contribution is 5.87. The minimum absolute atomic E-state index is 0.0349. The van der Waals surface area contributed by atoms with Gasteiger partial charge in [-0.15, -0.1) is 13.2 Å². The van der Waals surface area contributed by atoms with E-state index in [1.807, 2.05) is 0 Å². The van der Waals surface area contributed by atoms with E-state index in [2.05, 4.69) is 15.4 Å². The van der Waals surface area contributed by atoms with Crippen LogP contribution in [-0.2, 0) is 16.0 Å². The number of nitrogens with one attached hydrogen (secondary N) is 2. The number of carbonyl (C=O) groups is 2. The van der Waals surface area contributed by atoms with Crippen LogP contribution in [0.25, 0.3) is 0 Å². The maximum absolute atomic E-state index is 12.0. The fourth-order valence-electron chi connectivity index (χ4n) is 1.85. The van der Waals surface area contributed by atoms with E-state index in [-0.39, 0.29) is 30.7 Å². The Kier molecular flexibility index (Phi) is 7.69. The molecule has 0 fully saturated rings. The molecule has 6 nitrogen and oxygen atoms in total. The van der Waals surface area contributed by atoms with Crippen molar-refractivity contribution in [2.75, 3.05) is 13.1 Å². The first kappa shape index (κ1) is 20.8. The molecule has 0 saturated heterocycles. The first-order valence-corrected chi connectivity index (χ1v) is 7.73. The maximum Gasteiger partial charge on any atom is 0.573 e. The molecule has 0 bridgehead atoms. The third-order valence-electron chi connectivity index (χ3n) is 3.34. The van der Waals surface area contributed by atoms with Gasteiger partial charge in [0.15, 0.2) is 0 Å². The molecule has 1 rings (SSSR count). The molecule has 9 heteroatoms. The lowest BCUT2D eigenvalue weighted by molar-refractivity contribution is -0.274. The SMILES string of the molecule is CC(C)[C@H](N)C(=O)NCC(=O)NCCc1ccc(OC(F)(F)F)cc1. The van der Waals surface area contributed by atoms with Gasteiger partial charge in [-0.2, -0.15) is 0 Å². The summed E-state index contributed by atoms with van der Waals surface area (Å²) in [4.78, 5) is 23.2. The molecule has 1 aromatic carbocycles. The Labute approximate surface area is 143 Å². The topological polar surface area (TPSA) is 93.5 Å². The van der Waals surface area contributed by atoms with E-state index in [9.17, 15) is 22.8 Å². The highest BCUT2D eigenvalue weighted by atomic mass is 19.4. The van der Waals surface area contributed by atoms with Crippen LogP contribution in [0.5, 0.6) is 5.75 Å². The van der Waals surface area contributed by atoms with Crippen LogP contribution in [0.2, 0.25) is 0 Å². The summed E-state index contributed by atoms with van der Waals surface area (Å²) in [6, 6.07) is 4.70. The van der Waals surface area contributed by atoms with Crippen molar-refractivity contribution >= 4 is 11.8 Å². The van der Waals surface area contributed by atoms with E-state index in [4.69, 9.17) is 5.73 Å². The molecule has 0 radical (unpaired) electrons. The van der Waals surface area contributed by atoms with E-state index in [1.54, 1.807) is 13.8 Å². The molecule has 0 unspecified atom stereocenters. The van der Waals surface area contributed by atoms with Crippen LogP contribution in [0.1, 0.15) is 19.4 Å². The summed E-state index contributed by atoms with van der Waals surface area (Å²) in [5, 5.41) is 5.04. The summed E-state index contributed by atoms with van der Waals surface area (Å²) in [7, 11) is 0. The van der Waals surface area contributed by atoms with E-state index >= 15 is 0 Å². The van der Waals surface area contributed by atoms with Crippen molar-refractivity contribution in [3.05, 3.63) is 29.8 Å². The monoisotopic (exact) mass is 361 g/mol. The van der Waals surface area contributed by atoms with Gasteiger partial charge in [-0.3, -0.25) is 9.59 Å². The number of ether oxygens (including phenoxy) is 1. The van der Waals surface area contributed by atoms with Gasteiger partial charge in [0.25, 0.3) is 0 Å². The van der Waals surface area contributed by atoms with E-state index in [1.165, 1.54) is 24.3 Å². The predicted molar refractivity (Wildman–Crippen MR) is 85.7 cm³/mol. The number of alkyl halides is 3. The Balaban J connectivity index is 2.30. The number of rotatable bonds is 8. The second-order valence-corrected chi connectivity index (χ2v) is 5.78. The van der Waals surface area contributed by atoms with Crippen molar-refractivity contribution in [3.8, 4) is 5.75 Å². The molecule has 0 aliphatic rings. The van der Waals surface area contributed by atoms with Crippen LogP contribution in [-0.4, -0.2) is 37.3 Å². The molecule has 0 aromatic heterocycles. The number of hydrogen-bond acceptors (Lipinski definition) is 4. The summed E-state index contributed by atoms with van der Waals surface area (Å²) in [6.07, 6.45) is -4.30. The minimum Gasteiger partial charge on any atom is -0.406 e. The van der Waals surface area contributed by atoms with E-state index < -0.39 is 18.3 Å². The van der Waals surface area contributed by atoms with Gasteiger partial charge in [0.1, 0.15) is 5.75 Å². The van der Waals surface area contributed by atoms with Crippen LogP contribution in [0.15, 0.2) is 24.3 Å². The zero-order valence-corrected chi connectivity index (χ0v) is 14.0. The Bertz CT molecular complexity index is 574. The molecular formula is C16H22F3N3O3. The van der Waals surface area contributed by atoms with Crippen molar-refractivity contribution in [1.82, 2.24) is 10.6 Å². The molecule has 0 spiro atoms. The smallest absolute Gasteiger partial charge is 0.406 e. The fraction of sp³-hybridized carbons (Fsp3) is 0.500. The number of benzene rings is 1. The largest absolute Gasteiger partial charge is 0.573 e.